The van der Waals surface area contributed by atoms with Crippen LogP contribution in [0, 0.1) is 0 Å². The molecule has 8 heteroatoms. The Kier molecular flexibility index (Phi) is 5.60. The van der Waals surface area contributed by atoms with Crippen molar-refractivity contribution < 1.29 is 18.3 Å². The average Bonchev–Trinajstić information content (AvgIpc) is 3.08. The lowest BCUT2D eigenvalue weighted by Gasteiger charge is -2.14. The third kappa shape index (κ3) is 3.96. The molecule has 0 radical (unpaired) electrons. The molecule has 1 saturated heterocycles. The van der Waals surface area contributed by atoms with Crippen LogP contribution in [0.3, 0.4) is 0 Å². The first kappa shape index (κ1) is 15.8. The Morgan fingerprint density at radius 1 is 1.33 bits per heavy atom. The summed E-state index contributed by atoms with van der Waals surface area (Å²) in [5, 5.41) is 7.22. The van der Waals surface area contributed by atoms with Crippen LogP contribution in [-0.4, -0.2) is 52.1 Å². The zero-order valence-electron chi connectivity index (χ0n) is 12.1. The number of carbonyl (C=O) groups is 1. The van der Waals surface area contributed by atoms with Crippen molar-refractivity contribution >= 4 is 5.97 Å². The van der Waals surface area contributed by atoms with Crippen molar-refractivity contribution in [2.45, 2.75) is 39.2 Å². The molecule has 0 saturated carbocycles. The maximum Gasteiger partial charge on any atom is 0.361 e. The van der Waals surface area contributed by atoms with Gasteiger partial charge in [0.1, 0.15) is 5.69 Å². The van der Waals surface area contributed by atoms with Gasteiger partial charge in [-0.15, -0.1) is 5.10 Å². The average molecular weight is 302 g/mol. The van der Waals surface area contributed by atoms with Crippen LogP contribution >= 0.6 is 0 Å². The van der Waals surface area contributed by atoms with E-state index in [1.54, 1.807) is 6.92 Å². The SMILES string of the molecule is CCOC(=O)c1nnn(CCCN2CCCC2)c1C(F)F. The van der Waals surface area contributed by atoms with Crippen LogP contribution in [0.25, 0.3) is 0 Å². The van der Waals surface area contributed by atoms with Crippen molar-refractivity contribution in [1.29, 1.82) is 0 Å². The molecule has 0 amide bonds. The highest BCUT2D eigenvalue weighted by Gasteiger charge is 2.27. The summed E-state index contributed by atoms with van der Waals surface area (Å²) < 4.78 is 32.1. The van der Waals surface area contributed by atoms with Crippen molar-refractivity contribution in [3.05, 3.63) is 11.4 Å². The van der Waals surface area contributed by atoms with E-state index in [0.29, 0.717) is 13.0 Å². The molecule has 0 unspecified atom stereocenters. The van der Waals surface area contributed by atoms with Gasteiger partial charge >= 0.3 is 5.97 Å². The summed E-state index contributed by atoms with van der Waals surface area (Å²) >= 11 is 0. The van der Waals surface area contributed by atoms with Gasteiger partial charge < -0.3 is 9.64 Å². The summed E-state index contributed by atoms with van der Waals surface area (Å²) in [4.78, 5) is 13.9. The number of ether oxygens (including phenoxy) is 1. The molecule has 6 nitrogen and oxygen atoms in total. The molecular formula is C13H20F2N4O2. The van der Waals surface area contributed by atoms with Crippen LogP contribution in [-0.2, 0) is 11.3 Å². The van der Waals surface area contributed by atoms with Gasteiger partial charge in [0.15, 0.2) is 5.69 Å². The van der Waals surface area contributed by atoms with E-state index >= 15 is 0 Å². The minimum Gasteiger partial charge on any atom is -0.461 e. The molecule has 0 aromatic carbocycles. The number of esters is 1. The van der Waals surface area contributed by atoms with E-state index in [1.165, 1.54) is 12.8 Å². The highest BCUT2D eigenvalue weighted by molar-refractivity contribution is 5.88. The molecule has 1 aliphatic rings. The van der Waals surface area contributed by atoms with Crippen molar-refractivity contribution in [3.8, 4) is 0 Å². The van der Waals surface area contributed by atoms with Gasteiger partial charge in [0, 0.05) is 6.54 Å². The number of alkyl halides is 2. The zero-order chi connectivity index (χ0) is 15.2. The fourth-order valence-corrected chi connectivity index (χ4v) is 2.50. The molecular weight excluding hydrogens is 282 g/mol. The maximum atomic E-state index is 13.1. The summed E-state index contributed by atoms with van der Waals surface area (Å²) in [6, 6.07) is 0. The molecule has 0 bridgehead atoms. The largest absolute Gasteiger partial charge is 0.461 e. The molecule has 1 aliphatic heterocycles. The summed E-state index contributed by atoms with van der Waals surface area (Å²) in [5.74, 6) is -0.849. The minimum absolute atomic E-state index is 0.114. The van der Waals surface area contributed by atoms with Crippen molar-refractivity contribution in [1.82, 2.24) is 19.9 Å². The number of rotatable bonds is 7. The zero-order valence-corrected chi connectivity index (χ0v) is 12.1. The number of aromatic nitrogens is 3. The van der Waals surface area contributed by atoms with Crippen LogP contribution in [0.2, 0.25) is 0 Å². The Hall–Kier alpha value is -1.57. The second-order valence-electron chi connectivity index (χ2n) is 4.97. The first-order chi connectivity index (χ1) is 10.1. The van der Waals surface area contributed by atoms with E-state index in [0.717, 1.165) is 24.3 Å². The van der Waals surface area contributed by atoms with Gasteiger partial charge in [-0.1, -0.05) is 5.21 Å². The Morgan fingerprint density at radius 2 is 2.05 bits per heavy atom. The number of carbonyl (C=O) groups excluding carboxylic acids is 1. The van der Waals surface area contributed by atoms with Crippen LogP contribution in [0.1, 0.15) is 48.8 Å². The third-order valence-electron chi connectivity index (χ3n) is 3.49. The predicted molar refractivity (Wildman–Crippen MR) is 71.2 cm³/mol. The predicted octanol–water partition coefficient (Wildman–Crippen LogP) is 1.88. The standard InChI is InChI=1S/C13H20F2N4O2/c1-2-21-13(20)10-11(12(14)15)19(17-16-10)9-5-8-18-6-3-4-7-18/h12H,2-9H2,1H3. The van der Waals surface area contributed by atoms with E-state index < -0.39 is 18.1 Å². The Bertz CT molecular complexity index is 473. The number of aryl methyl sites for hydroxylation is 1. The maximum absolute atomic E-state index is 13.1. The first-order valence-corrected chi connectivity index (χ1v) is 7.24. The normalized spacial score (nSPS) is 15.8. The minimum atomic E-state index is -2.80. The summed E-state index contributed by atoms with van der Waals surface area (Å²) in [7, 11) is 0. The number of hydrogen-bond donors (Lipinski definition) is 0. The monoisotopic (exact) mass is 302 g/mol. The lowest BCUT2D eigenvalue weighted by Crippen LogP contribution is -2.22. The van der Waals surface area contributed by atoms with E-state index in [4.69, 9.17) is 4.74 Å². The van der Waals surface area contributed by atoms with Crippen LogP contribution in [0.15, 0.2) is 0 Å². The van der Waals surface area contributed by atoms with Crippen LogP contribution in [0.5, 0.6) is 0 Å². The van der Waals surface area contributed by atoms with Crippen molar-refractivity contribution in [2.75, 3.05) is 26.2 Å². The molecule has 1 aromatic heterocycles. The fourth-order valence-electron chi connectivity index (χ4n) is 2.50. The van der Waals surface area contributed by atoms with Gasteiger partial charge in [0.25, 0.3) is 6.43 Å². The summed E-state index contributed by atoms with van der Waals surface area (Å²) in [6.07, 6.45) is 0.286. The molecule has 0 atom stereocenters. The molecule has 21 heavy (non-hydrogen) atoms. The quantitative estimate of drug-likeness (QED) is 0.720. The molecule has 2 rings (SSSR count). The van der Waals surface area contributed by atoms with Crippen molar-refractivity contribution in [3.63, 3.8) is 0 Å². The van der Waals surface area contributed by atoms with E-state index in [9.17, 15) is 13.6 Å². The van der Waals surface area contributed by atoms with Crippen LogP contribution in [0.4, 0.5) is 8.78 Å². The van der Waals surface area contributed by atoms with Gasteiger partial charge in [0.2, 0.25) is 0 Å². The van der Waals surface area contributed by atoms with Crippen LogP contribution < -0.4 is 0 Å². The lowest BCUT2D eigenvalue weighted by molar-refractivity contribution is 0.0506. The summed E-state index contributed by atoms with van der Waals surface area (Å²) in [6.45, 7) is 5.02. The van der Waals surface area contributed by atoms with Gasteiger partial charge in [-0.05, 0) is 45.8 Å². The Labute approximate surface area is 122 Å². The number of hydrogen-bond acceptors (Lipinski definition) is 5. The number of likely N-dealkylation sites (tertiary alicyclic amines) is 1. The highest BCUT2D eigenvalue weighted by Crippen LogP contribution is 2.22. The second-order valence-corrected chi connectivity index (χ2v) is 4.97. The van der Waals surface area contributed by atoms with E-state index in [-0.39, 0.29) is 12.3 Å². The fraction of sp³-hybridized carbons (Fsp3) is 0.769. The van der Waals surface area contributed by atoms with Gasteiger partial charge in [0.05, 0.1) is 6.61 Å². The van der Waals surface area contributed by atoms with Crippen molar-refractivity contribution in [2.24, 2.45) is 0 Å². The highest BCUT2D eigenvalue weighted by atomic mass is 19.3. The molecule has 2 heterocycles. The molecule has 0 N–H and O–H groups in total. The smallest absolute Gasteiger partial charge is 0.361 e. The van der Waals surface area contributed by atoms with E-state index in [1.807, 2.05) is 0 Å². The van der Waals surface area contributed by atoms with Gasteiger partial charge in [-0.3, -0.25) is 0 Å². The molecule has 118 valence electrons. The molecule has 1 fully saturated rings. The second kappa shape index (κ2) is 7.44. The topological polar surface area (TPSA) is 60.2 Å². The summed E-state index contributed by atoms with van der Waals surface area (Å²) in [5.41, 5.74) is -0.831. The Morgan fingerprint density at radius 3 is 2.67 bits per heavy atom. The number of nitrogens with zero attached hydrogens (tertiary/aromatic N) is 4. The Balaban J connectivity index is 1.99. The van der Waals surface area contributed by atoms with Gasteiger partial charge in [-0.2, -0.15) is 0 Å². The third-order valence-corrected chi connectivity index (χ3v) is 3.49. The van der Waals surface area contributed by atoms with Gasteiger partial charge in [-0.25, -0.2) is 18.3 Å². The lowest BCUT2D eigenvalue weighted by atomic mass is 10.3. The molecule has 1 aromatic rings. The molecule has 0 spiro atoms. The number of halogens is 2. The first-order valence-electron chi connectivity index (χ1n) is 7.24. The van der Waals surface area contributed by atoms with E-state index in [2.05, 4.69) is 15.2 Å². The molecule has 0 aliphatic carbocycles.